The molecule has 0 bridgehead atoms. The summed E-state index contributed by atoms with van der Waals surface area (Å²) in [6.07, 6.45) is 17.0. The normalized spacial score (nSPS) is 18.8. The minimum Gasteiger partial charge on any atom is -0.0984 e. The summed E-state index contributed by atoms with van der Waals surface area (Å²) < 4.78 is 0. The van der Waals surface area contributed by atoms with Gasteiger partial charge >= 0.3 is 0 Å². The first-order chi connectivity index (χ1) is 11.3. The van der Waals surface area contributed by atoms with Gasteiger partial charge in [0, 0.05) is 5.92 Å². The summed E-state index contributed by atoms with van der Waals surface area (Å²) in [5, 5.41) is 2.59. The lowest BCUT2D eigenvalue weighted by molar-refractivity contribution is 0.692. The Morgan fingerprint density at radius 3 is 2.22 bits per heavy atom. The van der Waals surface area contributed by atoms with Gasteiger partial charge in [-0.05, 0) is 58.0 Å². The smallest absolute Gasteiger partial charge is 0.00268 e. The van der Waals surface area contributed by atoms with Crippen molar-refractivity contribution in [2.45, 2.75) is 12.8 Å². The molecule has 0 fully saturated rings. The van der Waals surface area contributed by atoms with Crippen molar-refractivity contribution in [3.63, 3.8) is 0 Å². The first kappa shape index (κ1) is 14.0. The summed E-state index contributed by atoms with van der Waals surface area (Å²) in [7, 11) is 0. The lowest BCUT2D eigenvalue weighted by Gasteiger charge is -2.26. The topological polar surface area (TPSA) is 0 Å². The van der Waals surface area contributed by atoms with Crippen molar-refractivity contribution in [2.75, 3.05) is 0 Å². The van der Waals surface area contributed by atoms with Crippen molar-refractivity contribution in [3.8, 4) is 0 Å². The van der Waals surface area contributed by atoms with Crippen molar-refractivity contribution in [3.05, 3.63) is 95.6 Å². The molecule has 0 heterocycles. The number of fused-ring (bicyclic) bond motifs is 3. The molecule has 1 unspecified atom stereocenters. The molecule has 2 aliphatic rings. The van der Waals surface area contributed by atoms with E-state index in [9.17, 15) is 0 Å². The number of hydrogen-bond acceptors (Lipinski definition) is 0. The van der Waals surface area contributed by atoms with Crippen LogP contribution in [-0.2, 0) is 12.8 Å². The molecule has 0 heteroatoms. The van der Waals surface area contributed by atoms with Crippen molar-refractivity contribution in [1.29, 1.82) is 0 Å². The van der Waals surface area contributed by atoms with Crippen LogP contribution in [0.15, 0.2) is 73.4 Å². The van der Waals surface area contributed by atoms with E-state index in [1.54, 1.807) is 0 Å². The highest BCUT2D eigenvalue weighted by molar-refractivity contribution is 5.89. The Balaban J connectivity index is 1.87. The van der Waals surface area contributed by atoms with Crippen LogP contribution in [0.4, 0.5) is 0 Å². The Bertz CT molecular complexity index is 903. The van der Waals surface area contributed by atoms with E-state index in [0.29, 0.717) is 5.92 Å². The van der Waals surface area contributed by atoms with Gasteiger partial charge in [-0.25, -0.2) is 0 Å². The van der Waals surface area contributed by atoms with Crippen molar-refractivity contribution in [1.82, 2.24) is 0 Å². The van der Waals surface area contributed by atoms with E-state index < -0.39 is 0 Å². The van der Waals surface area contributed by atoms with E-state index in [1.807, 2.05) is 12.2 Å². The third-order valence-electron chi connectivity index (χ3n) is 4.99. The second kappa shape index (κ2) is 5.55. The van der Waals surface area contributed by atoms with Gasteiger partial charge in [0.1, 0.15) is 0 Å². The van der Waals surface area contributed by atoms with E-state index in [2.05, 4.69) is 67.8 Å². The summed E-state index contributed by atoms with van der Waals surface area (Å²) >= 11 is 0. The highest BCUT2D eigenvalue weighted by atomic mass is 14.3. The minimum absolute atomic E-state index is 0.543. The monoisotopic (exact) mass is 296 g/mol. The zero-order valence-electron chi connectivity index (χ0n) is 13.3. The molecule has 2 aliphatic carbocycles. The highest BCUT2D eigenvalue weighted by Crippen LogP contribution is 2.35. The molecule has 112 valence electrons. The van der Waals surface area contributed by atoms with E-state index in [4.69, 9.17) is 0 Å². The summed E-state index contributed by atoms with van der Waals surface area (Å²) in [5.74, 6) is 0.543. The number of benzene rings is 2. The molecular formula is C23H20. The second-order valence-electron chi connectivity index (χ2n) is 6.36. The van der Waals surface area contributed by atoms with Crippen LogP contribution < -0.4 is 0 Å². The van der Waals surface area contributed by atoms with Crippen molar-refractivity contribution in [2.24, 2.45) is 5.92 Å². The van der Waals surface area contributed by atoms with Gasteiger partial charge in [-0.15, -0.1) is 0 Å². The average Bonchev–Trinajstić information content (AvgIpc) is 2.81. The maximum absolute atomic E-state index is 3.93. The Morgan fingerprint density at radius 1 is 0.826 bits per heavy atom. The van der Waals surface area contributed by atoms with Crippen molar-refractivity contribution < 1.29 is 0 Å². The molecule has 23 heavy (non-hydrogen) atoms. The lowest BCUT2D eigenvalue weighted by atomic mass is 9.79. The number of rotatable bonds is 2. The fraction of sp³-hybridized carbons (Fsp3) is 0.130. The number of allylic oxidation sites excluding steroid dienone is 6. The molecule has 1 atom stereocenters. The Morgan fingerprint density at radius 2 is 1.52 bits per heavy atom. The van der Waals surface area contributed by atoms with Gasteiger partial charge < -0.3 is 0 Å². The van der Waals surface area contributed by atoms with Crippen LogP contribution >= 0.6 is 0 Å². The molecule has 0 saturated heterocycles. The van der Waals surface area contributed by atoms with E-state index >= 15 is 0 Å². The molecule has 0 aromatic heterocycles. The Labute approximate surface area is 137 Å². The van der Waals surface area contributed by atoms with Gasteiger partial charge in [-0.2, -0.15) is 0 Å². The van der Waals surface area contributed by atoms with Crippen LogP contribution in [0.1, 0.15) is 22.3 Å². The Hall–Kier alpha value is -2.60. The maximum atomic E-state index is 3.93. The highest BCUT2D eigenvalue weighted by Gasteiger charge is 2.22. The van der Waals surface area contributed by atoms with E-state index in [1.165, 1.54) is 27.5 Å². The Kier molecular flexibility index (Phi) is 3.38. The van der Waals surface area contributed by atoms with Gasteiger partial charge in [0.2, 0.25) is 0 Å². The molecule has 2 aromatic carbocycles. The first-order valence-corrected chi connectivity index (χ1v) is 8.17. The van der Waals surface area contributed by atoms with Crippen molar-refractivity contribution >= 4 is 22.9 Å². The second-order valence-corrected chi connectivity index (χ2v) is 6.36. The van der Waals surface area contributed by atoms with Crippen LogP contribution in [0.25, 0.3) is 22.9 Å². The fourth-order valence-electron chi connectivity index (χ4n) is 3.72. The molecule has 0 amide bonds. The third-order valence-corrected chi connectivity index (χ3v) is 4.99. The molecule has 0 aliphatic heterocycles. The largest absolute Gasteiger partial charge is 0.0984 e. The van der Waals surface area contributed by atoms with Crippen LogP contribution in [0.3, 0.4) is 0 Å². The number of hydrogen-bond donors (Lipinski definition) is 0. The van der Waals surface area contributed by atoms with Crippen LogP contribution in [-0.4, -0.2) is 0 Å². The molecule has 0 saturated carbocycles. The molecular weight excluding hydrogens is 276 g/mol. The van der Waals surface area contributed by atoms with Crippen LogP contribution in [0, 0.1) is 5.92 Å². The SMILES string of the molecule is C=Cc1cc2cc3c(cc2cc1C=C)CC1C=CC=CC=C1C3. The zero-order chi connectivity index (χ0) is 15.8. The van der Waals surface area contributed by atoms with E-state index in [0.717, 1.165) is 24.0 Å². The van der Waals surface area contributed by atoms with Gasteiger partial charge in [-0.3, -0.25) is 0 Å². The zero-order valence-corrected chi connectivity index (χ0v) is 13.3. The summed E-state index contributed by atoms with van der Waals surface area (Å²) in [4.78, 5) is 0. The molecule has 0 nitrogen and oxygen atoms in total. The predicted octanol–water partition coefficient (Wildman–Crippen LogP) is 5.89. The van der Waals surface area contributed by atoms with Gasteiger partial charge in [0.15, 0.2) is 0 Å². The standard InChI is InChI=1S/C23H20/c1-3-16-10-20-14-22-12-18-8-6-5-7-9-19(18)13-23(22)15-21(20)11-17(16)4-2/h3-11,14-15,18H,1-2,12-13H2. The lowest BCUT2D eigenvalue weighted by Crippen LogP contribution is -2.15. The molecule has 0 N–H and O–H groups in total. The van der Waals surface area contributed by atoms with Crippen LogP contribution in [0.2, 0.25) is 0 Å². The molecule has 0 radical (unpaired) electrons. The summed E-state index contributed by atoms with van der Waals surface area (Å²) in [6.45, 7) is 7.85. The quantitative estimate of drug-likeness (QED) is 0.648. The average molecular weight is 296 g/mol. The maximum Gasteiger partial charge on any atom is 0.00268 e. The van der Waals surface area contributed by atoms with Gasteiger partial charge in [0.05, 0.1) is 0 Å². The summed E-state index contributed by atoms with van der Waals surface area (Å²) in [5.41, 5.74) is 6.77. The molecule has 2 aromatic rings. The summed E-state index contributed by atoms with van der Waals surface area (Å²) in [6, 6.07) is 9.19. The molecule has 4 rings (SSSR count). The van der Waals surface area contributed by atoms with Gasteiger partial charge in [0.25, 0.3) is 0 Å². The van der Waals surface area contributed by atoms with E-state index in [-0.39, 0.29) is 0 Å². The third kappa shape index (κ3) is 2.41. The van der Waals surface area contributed by atoms with Gasteiger partial charge in [-0.1, -0.05) is 73.4 Å². The first-order valence-electron chi connectivity index (χ1n) is 8.17. The van der Waals surface area contributed by atoms with Crippen LogP contribution in [0.5, 0.6) is 0 Å². The minimum atomic E-state index is 0.543. The fourth-order valence-corrected chi connectivity index (χ4v) is 3.72. The predicted molar refractivity (Wildman–Crippen MR) is 101 cm³/mol. The molecule has 0 spiro atoms.